The van der Waals surface area contributed by atoms with Crippen LogP contribution >= 0.6 is 0 Å². The van der Waals surface area contributed by atoms with E-state index in [1.807, 2.05) is 0 Å². The van der Waals surface area contributed by atoms with E-state index in [0.29, 0.717) is 0 Å². The van der Waals surface area contributed by atoms with Crippen LogP contribution in [0.3, 0.4) is 0 Å². The minimum absolute atomic E-state index is 0.00447. The van der Waals surface area contributed by atoms with Gasteiger partial charge in [-0.25, -0.2) is 0 Å². The van der Waals surface area contributed by atoms with Gasteiger partial charge in [-0.3, -0.25) is 4.79 Å². The lowest BCUT2D eigenvalue weighted by molar-refractivity contribution is -0.121. The van der Waals surface area contributed by atoms with E-state index in [0.717, 1.165) is 19.3 Å². The van der Waals surface area contributed by atoms with Gasteiger partial charge in [-0.15, -0.1) is 6.58 Å². The lowest BCUT2D eigenvalue weighted by atomic mass is 9.96. The summed E-state index contributed by atoms with van der Waals surface area (Å²) in [6, 6.07) is 0. The van der Waals surface area contributed by atoms with E-state index in [1.54, 1.807) is 6.08 Å². The van der Waals surface area contributed by atoms with Crippen LogP contribution in [0.1, 0.15) is 110 Å². The fraction of sp³-hybridized carbons (Fsp3) is 0.857. The van der Waals surface area contributed by atoms with Gasteiger partial charge in [-0.1, -0.05) is 103 Å². The van der Waals surface area contributed by atoms with Crippen molar-refractivity contribution in [3.63, 3.8) is 0 Å². The number of unbranched alkanes of at least 4 members (excludes halogenated alkanes) is 13. The summed E-state index contributed by atoms with van der Waals surface area (Å²) in [5, 5.41) is 0. The molecule has 23 heavy (non-hydrogen) atoms. The summed E-state index contributed by atoms with van der Waals surface area (Å²) in [4.78, 5) is 11.2. The Bertz CT molecular complexity index is 275. The molecule has 1 atom stereocenters. The van der Waals surface area contributed by atoms with Crippen LogP contribution < -0.4 is 5.73 Å². The number of nitrogens with two attached hydrogens (primary N) is 1. The Morgan fingerprint density at radius 1 is 0.826 bits per heavy atom. The lowest BCUT2D eigenvalue weighted by Gasteiger charge is -2.10. The average molecular weight is 324 g/mol. The fourth-order valence-electron chi connectivity index (χ4n) is 3.16. The Hall–Kier alpha value is -0.790. The van der Waals surface area contributed by atoms with Crippen LogP contribution in [0.5, 0.6) is 0 Å². The number of primary amides is 1. The Morgan fingerprint density at radius 2 is 1.22 bits per heavy atom. The van der Waals surface area contributed by atoms with Crippen LogP contribution in [0, 0.1) is 5.92 Å². The molecule has 2 N–H and O–H groups in total. The van der Waals surface area contributed by atoms with E-state index in [9.17, 15) is 4.79 Å². The number of hydrogen-bond donors (Lipinski definition) is 1. The third-order valence-corrected chi connectivity index (χ3v) is 4.76. The molecule has 1 amide bonds. The summed E-state index contributed by atoms with van der Waals surface area (Å²) in [5.74, 6) is -0.163. The third kappa shape index (κ3) is 15.9. The highest BCUT2D eigenvalue weighted by molar-refractivity contribution is 5.76. The summed E-state index contributed by atoms with van der Waals surface area (Å²) in [6.07, 6.45) is 22.6. The van der Waals surface area contributed by atoms with Crippen molar-refractivity contribution in [2.45, 2.75) is 110 Å². The van der Waals surface area contributed by atoms with E-state index in [4.69, 9.17) is 5.73 Å². The topological polar surface area (TPSA) is 43.1 Å². The van der Waals surface area contributed by atoms with E-state index >= 15 is 0 Å². The van der Waals surface area contributed by atoms with Gasteiger partial charge in [0.1, 0.15) is 0 Å². The molecule has 0 radical (unpaired) electrons. The number of amides is 1. The molecule has 2 nitrogen and oxygen atoms in total. The highest BCUT2D eigenvalue weighted by Gasteiger charge is 2.12. The van der Waals surface area contributed by atoms with Crippen molar-refractivity contribution < 1.29 is 4.79 Å². The number of hydrogen-bond acceptors (Lipinski definition) is 1. The number of allylic oxidation sites excluding steroid dienone is 1. The molecular weight excluding hydrogens is 282 g/mol. The van der Waals surface area contributed by atoms with Gasteiger partial charge < -0.3 is 5.73 Å². The maximum Gasteiger partial charge on any atom is 0.220 e. The summed E-state index contributed by atoms with van der Waals surface area (Å²) in [7, 11) is 0. The summed E-state index contributed by atoms with van der Waals surface area (Å²) in [5.41, 5.74) is 5.39. The second kappa shape index (κ2) is 17.6. The molecule has 2 heteroatoms. The maximum atomic E-state index is 11.2. The Kier molecular flexibility index (Phi) is 17.0. The fourth-order valence-corrected chi connectivity index (χ4v) is 3.16. The number of carbonyl (C=O) groups is 1. The standard InChI is InChI=1S/C21H41NO/c1-3-5-6-7-8-9-10-11-12-13-14-15-16-17-19-20(18-4-2)21(22)23/h4,20H,2-3,5-19H2,1H3,(H2,22,23). The van der Waals surface area contributed by atoms with Gasteiger partial charge in [-0.05, 0) is 12.8 Å². The molecule has 0 aliphatic rings. The second-order valence-electron chi connectivity index (χ2n) is 7.01. The SMILES string of the molecule is C=CCC(CCCCCCCCCCCCCCCC)C(N)=O. The third-order valence-electron chi connectivity index (χ3n) is 4.76. The lowest BCUT2D eigenvalue weighted by Crippen LogP contribution is -2.22. The molecule has 136 valence electrons. The summed E-state index contributed by atoms with van der Waals surface area (Å²) in [6.45, 7) is 5.97. The molecule has 0 saturated carbocycles. The minimum Gasteiger partial charge on any atom is -0.369 e. The van der Waals surface area contributed by atoms with Crippen molar-refractivity contribution in [3.05, 3.63) is 12.7 Å². The molecule has 0 aliphatic carbocycles. The first-order valence-corrected chi connectivity index (χ1v) is 10.1. The Labute approximate surface area is 145 Å². The molecule has 0 aromatic carbocycles. The van der Waals surface area contributed by atoms with Crippen LogP contribution in [0.4, 0.5) is 0 Å². The smallest absolute Gasteiger partial charge is 0.220 e. The molecular formula is C21H41NO. The minimum atomic E-state index is -0.167. The zero-order valence-electron chi connectivity index (χ0n) is 15.7. The van der Waals surface area contributed by atoms with E-state index in [1.165, 1.54) is 83.5 Å². The molecule has 0 aliphatic heterocycles. The first kappa shape index (κ1) is 22.2. The maximum absolute atomic E-state index is 11.2. The van der Waals surface area contributed by atoms with E-state index in [2.05, 4.69) is 13.5 Å². The normalized spacial score (nSPS) is 12.2. The molecule has 1 unspecified atom stereocenters. The first-order chi connectivity index (χ1) is 11.2. The van der Waals surface area contributed by atoms with Crippen molar-refractivity contribution in [3.8, 4) is 0 Å². The summed E-state index contributed by atoms with van der Waals surface area (Å²) >= 11 is 0. The van der Waals surface area contributed by atoms with Gasteiger partial charge in [0.25, 0.3) is 0 Å². The molecule has 0 aromatic rings. The van der Waals surface area contributed by atoms with Gasteiger partial charge in [0.05, 0.1) is 0 Å². The highest BCUT2D eigenvalue weighted by Crippen LogP contribution is 2.16. The monoisotopic (exact) mass is 323 g/mol. The van der Waals surface area contributed by atoms with Gasteiger partial charge in [0.2, 0.25) is 5.91 Å². The molecule has 0 saturated heterocycles. The average Bonchev–Trinajstić information content (AvgIpc) is 2.54. The predicted octanol–water partition coefficient (Wildman–Crippen LogP) is 6.54. The molecule has 0 rings (SSSR count). The molecule has 0 spiro atoms. The Morgan fingerprint density at radius 3 is 1.57 bits per heavy atom. The number of carbonyl (C=O) groups excluding carboxylic acids is 1. The van der Waals surface area contributed by atoms with Crippen LogP contribution in [-0.4, -0.2) is 5.91 Å². The summed E-state index contributed by atoms with van der Waals surface area (Å²) < 4.78 is 0. The zero-order chi connectivity index (χ0) is 17.2. The zero-order valence-corrected chi connectivity index (χ0v) is 15.7. The van der Waals surface area contributed by atoms with Gasteiger partial charge >= 0.3 is 0 Å². The van der Waals surface area contributed by atoms with Crippen molar-refractivity contribution in [2.24, 2.45) is 11.7 Å². The van der Waals surface area contributed by atoms with Crippen molar-refractivity contribution in [2.75, 3.05) is 0 Å². The van der Waals surface area contributed by atoms with Gasteiger partial charge in [0.15, 0.2) is 0 Å². The predicted molar refractivity (Wildman–Crippen MR) is 102 cm³/mol. The van der Waals surface area contributed by atoms with E-state index in [-0.39, 0.29) is 11.8 Å². The second-order valence-corrected chi connectivity index (χ2v) is 7.01. The highest BCUT2D eigenvalue weighted by atomic mass is 16.1. The Balaban J connectivity index is 3.21. The van der Waals surface area contributed by atoms with Crippen LogP contribution in [0.2, 0.25) is 0 Å². The largest absolute Gasteiger partial charge is 0.369 e. The molecule has 0 aromatic heterocycles. The van der Waals surface area contributed by atoms with Crippen LogP contribution in [-0.2, 0) is 4.79 Å². The number of rotatable bonds is 18. The van der Waals surface area contributed by atoms with Gasteiger partial charge in [-0.2, -0.15) is 0 Å². The van der Waals surface area contributed by atoms with Crippen molar-refractivity contribution in [1.82, 2.24) is 0 Å². The van der Waals surface area contributed by atoms with Gasteiger partial charge in [0, 0.05) is 5.92 Å². The first-order valence-electron chi connectivity index (χ1n) is 10.1. The van der Waals surface area contributed by atoms with Crippen molar-refractivity contribution in [1.29, 1.82) is 0 Å². The van der Waals surface area contributed by atoms with Crippen LogP contribution in [0.25, 0.3) is 0 Å². The van der Waals surface area contributed by atoms with Crippen molar-refractivity contribution >= 4 is 5.91 Å². The molecule has 0 heterocycles. The molecule has 0 fully saturated rings. The van der Waals surface area contributed by atoms with E-state index < -0.39 is 0 Å². The molecule has 0 bridgehead atoms. The van der Waals surface area contributed by atoms with Crippen LogP contribution in [0.15, 0.2) is 12.7 Å². The quantitative estimate of drug-likeness (QED) is 0.226.